The van der Waals surface area contributed by atoms with Gasteiger partial charge in [-0.05, 0) is 13.0 Å². The Morgan fingerprint density at radius 3 is 2.64 bits per heavy atom. The summed E-state index contributed by atoms with van der Waals surface area (Å²) in [5.41, 5.74) is 8.16. The van der Waals surface area contributed by atoms with Gasteiger partial charge in [0.25, 0.3) is 0 Å². The largest absolute Gasteiger partial charge is 0.382 e. The van der Waals surface area contributed by atoms with Crippen LogP contribution in [0.1, 0.15) is 5.82 Å². The molecule has 0 aliphatic carbocycles. The van der Waals surface area contributed by atoms with Crippen LogP contribution in [0.3, 0.4) is 0 Å². The minimum Gasteiger partial charge on any atom is -0.382 e. The highest BCUT2D eigenvalue weighted by Crippen LogP contribution is 2.28. The Hall–Kier alpha value is -2.19. The molecule has 0 aliphatic rings. The first-order valence-electron chi connectivity index (χ1n) is 6.71. The fourth-order valence-electron chi connectivity index (χ4n) is 2.45. The lowest BCUT2D eigenvalue weighted by Gasteiger charge is -2.17. The van der Waals surface area contributed by atoms with Crippen LogP contribution in [0, 0.1) is 6.92 Å². The molecule has 3 aromatic rings. The predicted octanol–water partition coefficient (Wildman–Crippen LogP) is 1.32. The summed E-state index contributed by atoms with van der Waals surface area (Å²) in [6.07, 6.45) is 1.18. The molecule has 7 nitrogen and oxygen atoms in total. The summed E-state index contributed by atoms with van der Waals surface area (Å²) in [7, 11) is -1.75. The Labute approximate surface area is 128 Å². The fourth-order valence-corrected chi connectivity index (χ4v) is 2.77. The minimum atomic E-state index is -3.29. The second kappa shape index (κ2) is 4.92. The molecule has 3 rings (SSSR count). The lowest BCUT2D eigenvalue weighted by atomic mass is 10.2. The lowest BCUT2D eigenvalue weighted by Crippen LogP contribution is -2.28. The first-order chi connectivity index (χ1) is 10.3. The molecule has 2 N–H and O–H groups in total. The van der Waals surface area contributed by atoms with Gasteiger partial charge in [-0.2, -0.15) is 4.31 Å². The van der Waals surface area contributed by atoms with Crippen LogP contribution in [0.2, 0.25) is 0 Å². The molecule has 22 heavy (non-hydrogen) atoms. The zero-order valence-electron chi connectivity index (χ0n) is 12.6. The number of nitrogens with zero attached hydrogens (tertiary/aromatic N) is 4. The number of sulfonamides is 1. The van der Waals surface area contributed by atoms with Crippen molar-refractivity contribution >= 4 is 37.8 Å². The maximum absolute atomic E-state index is 11.7. The summed E-state index contributed by atoms with van der Waals surface area (Å²) in [5.74, 6) is 1.04. The van der Waals surface area contributed by atoms with Gasteiger partial charge in [-0.15, -0.1) is 0 Å². The van der Waals surface area contributed by atoms with Crippen molar-refractivity contribution in [1.29, 1.82) is 0 Å². The first-order valence-corrected chi connectivity index (χ1v) is 8.56. The summed E-state index contributed by atoms with van der Waals surface area (Å²) in [6.45, 7) is 2.00. The van der Waals surface area contributed by atoms with E-state index in [9.17, 15) is 8.42 Å². The van der Waals surface area contributed by atoms with Crippen molar-refractivity contribution in [3.05, 3.63) is 30.1 Å². The van der Waals surface area contributed by atoms with Gasteiger partial charge in [-0.3, -0.25) is 0 Å². The zero-order chi connectivity index (χ0) is 16.1. The lowest BCUT2D eigenvalue weighted by molar-refractivity contribution is 0.404. The molecular formula is C14H17N5O2S. The van der Waals surface area contributed by atoms with E-state index in [-0.39, 0.29) is 6.67 Å². The van der Waals surface area contributed by atoms with E-state index in [4.69, 9.17) is 5.73 Å². The summed E-state index contributed by atoms with van der Waals surface area (Å²) >= 11 is 0. The highest BCUT2D eigenvalue weighted by molar-refractivity contribution is 7.88. The average molecular weight is 319 g/mol. The van der Waals surface area contributed by atoms with Crippen LogP contribution in [0.4, 0.5) is 5.82 Å². The molecule has 0 atom stereocenters. The van der Waals surface area contributed by atoms with E-state index in [2.05, 4.69) is 9.97 Å². The van der Waals surface area contributed by atoms with Gasteiger partial charge in [0.2, 0.25) is 10.0 Å². The molecule has 0 aliphatic heterocycles. The van der Waals surface area contributed by atoms with Gasteiger partial charge < -0.3 is 10.3 Å². The molecule has 1 aromatic carbocycles. The average Bonchev–Trinajstić information content (AvgIpc) is 2.76. The van der Waals surface area contributed by atoms with Crippen molar-refractivity contribution in [1.82, 2.24) is 18.8 Å². The standard InChI is InChI=1S/C14H17N5O2S/c1-9-16-12-13(19(9)8-18(2)22(3,20)21)10-6-4-5-7-11(10)17-14(12)15/h4-7H,8H2,1-3H3,(H2,15,17). The first kappa shape index (κ1) is 14.7. The normalized spacial score (nSPS) is 12.5. The van der Waals surface area contributed by atoms with Gasteiger partial charge in [0.1, 0.15) is 11.3 Å². The number of benzene rings is 1. The van der Waals surface area contributed by atoms with Crippen molar-refractivity contribution in [3.63, 3.8) is 0 Å². The summed E-state index contributed by atoms with van der Waals surface area (Å²) < 4.78 is 26.5. The Balaban J connectivity index is 2.32. The van der Waals surface area contributed by atoms with E-state index in [0.29, 0.717) is 17.2 Å². The van der Waals surface area contributed by atoms with Crippen molar-refractivity contribution in [2.24, 2.45) is 0 Å². The molecular weight excluding hydrogens is 302 g/mol. The molecule has 0 saturated carbocycles. The third-order valence-corrected chi connectivity index (χ3v) is 4.96. The van der Waals surface area contributed by atoms with Crippen LogP contribution in [0.15, 0.2) is 24.3 Å². The molecule has 116 valence electrons. The van der Waals surface area contributed by atoms with E-state index in [1.165, 1.54) is 17.6 Å². The molecule has 0 bridgehead atoms. The number of fused-ring (bicyclic) bond motifs is 3. The Bertz CT molecular complexity index is 978. The SMILES string of the molecule is Cc1nc2c(N)nc3ccccc3c2n1CN(C)S(C)(=O)=O. The van der Waals surface area contributed by atoms with E-state index >= 15 is 0 Å². The quantitative estimate of drug-likeness (QED) is 0.786. The molecule has 0 fully saturated rings. The summed E-state index contributed by atoms with van der Waals surface area (Å²) in [4.78, 5) is 8.81. The maximum Gasteiger partial charge on any atom is 0.212 e. The molecule has 8 heteroatoms. The van der Waals surface area contributed by atoms with Crippen molar-refractivity contribution in [3.8, 4) is 0 Å². The van der Waals surface area contributed by atoms with Crippen molar-refractivity contribution in [2.75, 3.05) is 19.0 Å². The molecule has 2 heterocycles. The smallest absolute Gasteiger partial charge is 0.212 e. The molecule has 0 amide bonds. The fraction of sp³-hybridized carbons (Fsp3) is 0.286. The van der Waals surface area contributed by atoms with Gasteiger partial charge in [-0.1, -0.05) is 18.2 Å². The van der Waals surface area contributed by atoms with E-state index in [1.807, 2.05) is 35.8 Å². The van der Waals surface area contributed by atoms with Crippen LogP contribution in [0.25, 0.3) is 21.9 Å². The molecule has 0 unspecified atom stereocenters. The second-order valence-corrected chi connectivity index (χ2v) is 7.39. The third kappa shape index (κ3) is 2.30. The third-order valence-electron chi connectivity index (χ3n) is 3.71. The number of nitrogens with two attached hydrogens (primary N) is 1. The predicted molar refractivity (Wildman–Crippen MR) is 86.8 cm³/mol. The molecule has 2 aromatic heterocycles. The maximum atomic E-state index is 11.7. The Morgan fingerprint density at radius 1 is 1.27 bits per heavy atom. The van der Waals surface area contributed by atoms with Crippen LogP contribution in [0.5, 0.6) is 0 Å². The Morgan fingerprint density at radius 2 is 1.95 bits per heavy atom. The number of rotatable bonds is 3. The number of hydrogen-bond donors (Lipinski definition) is 1. The van der Waals surface area contributed by atoms with Crippen molar-refractivity contribution < 1.29 is 8.42 Å². The highest BCUT2D eigenvalue weighted by atomic mass is 32.2. The molecule has 0 saturated heterocycles. The minimum absolute atomic E-state index is 0.175. The molecule has 0 spiro atoms. The number of nitrogen functional groups attached to an aromatic ring is 1. The van der Waals surface area contributed by atoms with Crippen LogP contribution in [-0.4, -0.2) is 40.6 Å². The number of imidazole rings is 1. The van der Waals surface area contributed by atoms with E-state index in [0.717, 1.165) is 16.4 Å². The number of anilines is 1. The summed E-state index contributed by atoms with van der Waals surface area (Å²) in [6, 6.07) is 7.60. The van der Waals surface area contributed by atoms with Gasteiger partial charge >= 0.3 is 0 Å². The Kier molecular flexibility index (Phi) is 3.30. The number of hydrogen-bond acceptors (Lipinski definition) is 5. The highest BCUT2D eigenvalue weighted by Gasteiger charge is 2.18. The van der Waals surface area contributed by atoms with Gasteiger partial charge in [0, 0.05) is 12.4 Å². The van der Waals surface area contributed by atoms with Gasteiger partial charge in [-0.25, -0.2) is 18.4 Å². The van der Waals surface area contributed by atoms with E-state index < -0.39 is 10.0 Å². The van der Waals surface area contributed by atoms with E-state index in [1.54, 1.807) is 0 Å². The van der Waals surface area contributed by atoms with Crippen LogP contribution < -0.4 is 5.73 Å². The number of pyridine rings is 1. The monoisotopic (exact) mass is 319 g/mol. The topological polar surface area (TPSA) is 94.1 Å². The second-order valence-electron chi connectivity index (χ2n) is 5.30. The van der Waals surface area contributed by atoms with Gasteiger partial charge in [0.05, 0.1) is 24.0 Å². The van der Waals surface area contributed by atoms with Crippen molar-refractivity contribution in [2.45, 2.75) is 13.6 Å². The number of aromatic nitrogens is 3. The van der Waals surface area contributed by atoms with Crippen LogP contribution in [-0.2, 0) is 16.7 Å². The number of para-hydroxylation sites is 1. The number of aryl methyl sites for hydroxylation is 1. The van der Waals surface area contributed by atoms with Gasteiger partial charge in [0.15, 0.2) is 5.82 Å². The molecule has 0 radical (unpaired) electrons. The van der Waals surface area contributed by atoms with Crippen LogP contribution >= 0.6 is 0 Å². The summed E-state index contributed by atoms with van der Waals surface area (Å²) in [5, 5.41) is 0.897. The zero-order valence-corrected chi connectivity index (χ0v) is 13.4.